The highest BCUT2D eigenvalue weighted by Crippen LogP contribution is 2.49. The normalized spacial score (nSPS) is 17.2. The first-order chi connectivity index (χ1) is 11.7. The minimum Gasteiger partial charge on any atom is -0.486 e. The number of halogens is 1. The summed E-state index contributed by atoms with van der Waals surface area (Å²) < 4.78 is 12.2. The van der Waals surface area contributed by atoms with Gasteiger partial charge < -0.3 is 14.8 Å². The molecule has 0 saturated heterocycles. The predicted molar refractivity (Wildman–Crippen MR) is 94.8 cm³/mol. The van der Waals surface area contributed by atoms with Crippen molar-refractivity contribution in [2.45, 2.75) is 18.3 Å². The Morgan fingerprint density at radius 2 is 1.75 bits per heavy atom. The first kappa shape index (κ1) is 15.5. The van der Waals surface area contributed by atoms with Gasteiger partial charge in [-0.05, 0) is 54.8 Å². The summed E-state index contributed by atoms with van der Waals surface area (Å²) >= 11 is 3.38. The summed E-state index contributed by atoms with van der Waals surface area (Å²) in [6, 6.07) is 13.5. The molecule has 4 rings (SSSR count). The Labute approximate surface area is 149 Å². The van der Waals surface area contributed by atoms with Crippen molar-refractivity contribution in [1.82, 2.24) is 5.32 Å². The van der Waals surface area contributed by atoms with Gasteiger partial charge in [0.2, 0.25) is 0 Å². The SMILES string of the molecule is O=C(NCC1(c2ccc3c(c2)OCCO3)CC1)c1ccc(Br)cc1. The highest BCUT2D eigenvalue weighted by Gasteiger charge is 2.44. The van der Waals surface area contributed by atoms with Gasteiger partial charge in [-0.25, -0.2) is 0 Å². The number of benzene rings is 2. The van der Waals surface area contributed by atoms with E-state index in [2.05, 4.69) is 33.4 Å². The Morgan fingerprint density at radius 3 is 2.46 bits per heavy atom. The molecule has 0 unspecified atom stereocenters. The van der Waals surface area contributed by atoms with Crippen LogP contribution in [0.25, 0.3) is 0 Å². The van der Waals surface area contributed by atoms with Crippen LogP contribution in [0.2, 0.25) is 0 Å². The van der Waals surface area contributed by atoms with Gasteiger partial charge in [0.05, 0.1) is 0 Å². The van der Waals surface area contributed by atoms with E-state index in [0.29, 0.717) is 25.3 Å². The Morgan fingerprint density at radius 1 is 1.04 bits per heavy atom. The van der Waals surface area contributed by atoms with Gasteiger partial charge in [0.25, 0.3) is 5.91 Å². The molecule has 5 heteroatoms. The van der Waals surface area contributed by atoms with Gasteiger partial charge in [0.15, 0.2) is 11.5 Å². The van der Waals surface area contributed by atoms with E-state index in [9.17, 15) is 4.79 Å². The zero-order chi connectivity index (χ0) is 16.6. The van der Waals surface area contributed by atoms with Crippen molar-refractivity contribution in [1.29, 1.82) is 0 Å². The van der Waals surface area contributed by atoms with Gasteiger partial charge in [-0.15, -0.1) is 0 Å². The number of rotatable bonds is 4. The van der Waals surface area contributed by atoms with Crippen LogP contribution in [0.4, 0.5) is 0 Å². The summed E-state index contributed by atoms with van der Waals surface area (Å²) in [5.41, 5.74) is 1.92. The molecule has 1 heterocycles. The Hall–Kier alpha value is -2.01. The van der Waals surface area contributed by atoms with Crippen LogP contribution >= 0.6 is 15.9 Å². The lowest BCUT2D eigenvalue weighted by Gasteiger charge is -2.22. The largest absolute Gasteiger partial charge is 0.486 e. The van der Waals surface area contributed by atoms with Crippen molar-refractivity contribution in [3.05, 3.63) is 58.1 Å². The van der Waals surface area contributed by atoms with Gasteiger partial charge in [0.1, 0.15) is 13.2 Å². The average Bonchev–Trinajstić information content (AvgIpc) is 3.41. The van der Waals surface area contributed by atoms with Crippen LogP contribution in [0.15, 0.2) is 46.9 Å². The van der Waals surface area contributed by atoms with E-state index in [-0.39, 0.29) is 11.3 Å². The first-order valence-electron chi connectivity index (χ1n) is 8.10. The van der Waals surface area contributed by atoms with Gasteiger partial charge in [0, 0.05) is 22.0 Å². The molecular formula is C19H18BrNO3. The monoisotopic (exact) mass is 387 g/mol. The molecule has 1 fully saturated rings. The number of ether oxygens (including phenoxy) is 2. The molecule has 0 spiro atoms. The topological polar surface area (TPSA) is 47.6 Å². The molecule has 0 aromatic heterocycles. The van der Waals surface area contributed by atoms with E-state index < -0.39 is 0 Å². The van der Waals surface area contributed by atoms with Crippen molar-refractivity contribution < 1.29 is 14.3 Å². The summed E-state index contributed by atoms with van der Waals surface area (Å²) in [5, 5.41) is 3.07. The fraction of sp³-hybridized carbons (Fsp3) is 0.316. The van der Waals surface area contributed by atoms with E-state index in [1.807, 2.05) is 30.3 Å². The summed E-state index contributed by atoms with van der Waals surface area (Å²) in [7, 11) is 0. The van der Waals surface area contributed by atoms with Gasteiger partial charge in [-0.3, -0.25) is 4.79 Å². The lowest BCUT2D eigenvalue weighted by Crippen LogP contribution is -2.32. The smallest absolute Gasteiger partial charge is 0.251 e. The maximum Gasteiger partial charge on any atom is 0.251 e. The van der Waals surface area contributed by atoms with Crippen LogP contribution < -0.4 is 14.8 Å². The van der Waals surface area contributed by atoms with E-state index in [0.717, 1.165) is 28.8 Å². The second kappa shape index (κ2) is 6.13. The van der Waals surface area contributed by atoms with Crippen molar-refractivity contribution in [2.75, 3.05) is 19.8 Å². The van der Waals surface area contributed by atoms with E-state index in [1.165, 1.54) is 5.56 Å². The molecule has 0 bridgehead atoms. The first-order valence-corrected chi connectivity index (χ1v) is 8.90. The fourth-order valence-corrected chi connectivity index (χ4v) is 3.31. The Kier molecular flexibility index (Phi) is 3.96. The third-order valence-corrected chi connectivity index (χ3v) is 5.23. The van der Waals surface area contributed by atoms with Crippen LogP contribution in [0.5, 0.6) is 11.5 Å². The molecule has 0 atom stereocenters. The predicted octanol–water partition coefficient (Wildman–Crippen LogP) is 3.68. The summed E-state index contributed by atoms with van der Waals surface area (Å²) in [6.07, 6.45) is 2.15. The van der Waals surface area contributed by atoms with Crippen LogP contribution in [0.3, 0.4) is 0 Å². The third kappa shape index (κ3) is 3.00. The van der Waals surface area contributed by atoms with Crippen LogP contribution in [0, 0.1) is 0 Å². The molecule has 2 aromatic rings. The van der Waals surface area contributed by atoms with Gasteiger partial charge in [-0.1, -0.05) is 22.0 Å². The second-order valence-corrected chi connectivity index (χ2v) is 7.24. The van der Waals surface area contributed by atoms with Crippen molar-refractivity contribution >= 4 is 21.8 Å². The highest BCUT2D eigenvalue weighted by molar-refractivity contribution is 9.10. The molecule has 2 aliphatic rings. The van der Waals surface area contributed by atoms with E-state index >= 15 is 0 Å². The molecule has 1 saturated carbocycles. The van der Waals surface area contributed by atoms with Crippen molar-refractivity contribution in [3.63, 3.8) is 0 Å². The quantitative estimate of drug-likeness (QED) is 0.870. The summed E-state index contributed by atoms with van der Waals surface area (Å²) in [6.45, 7) is 1.83. The van der Waals surface area contributed by atoms with E-state index in [1.54, 1.807) is 0 Å². The van der Waals surface area contributed by atoms with Crippen LogP contribution in [0.1, 0.15) is 28.8 Å². The maximum atomic E-state index is 12.3. The minimum atomic E-state index is -0.0358. The standard InChI is InChI=1S/C19H18BrNO3/c20-15-4-1-13(2-5-15)18(22)21-12-19(7-8-19)14-3-6-16-17(11-14)24-10-9-23-16/h1-6,11H,7-10,12H2,(H,21,22). The number of fused-ring (bicyclic) bond motifs is 1. The number of hydrogen-bond acceptors (Lipinski definition) is 3. The number of carbonyl (C=O) groups excluding carboxylic acids is 1. The maximum absolute atomic E-state index is 12.3. The van der Waals surface area contributed by atoms with E-state index in [4.69, 9.17) is 9.47 Å². The number of nitrogens with one attached hydrogen (secondary N) is 1. The third-order valence-electron chi connectivity index (χ3n) is 4.70. The van der Waals surface area contributed by atoms with Gasteiger partial charge >= 0.3 is 0 Å². The Bertz CT molecular complexity index is 769. The highest BCUT2D eigenvalue weighted by atomic mass is 79.9. The molecular weight excluding hydrogens is 370 g/mol. The second-order valence-electron chi connectivity index (χ2n) is 6.33. The van der Waals surface area contributed by atoms with Crippen LogP contribution in [-0.4, -0.2) is 25.7 Å². The van der Waals surface area contributed by atoms with Crippen molar-refractivity contribution in [3.8, 4) is 11.5 Å². The molecule has 1 N–H and O–H groups in total. The molecule has 2 aromatic carbocycles. The lowest BCUT2D eigenvalue weighted by molar-refractivity contribution is 0.0949. The molecule has 1 amide bonds. The molecule has 24 heavy (non-hydrogen) atoms. The zero-order valence-corrected chi connectivity index (χ0v) is 14.8. The number of carbonyl (C=O) groups is 1. The lowest BCUT2D eigenvalue weighted by atomic mass is 9.95. The molecule has 1 aliphatic carbocycles. The molecule has 4 nitrogen and oxygen atoms in total. The summed E-state index contributed by atoms with van der Waals surface area (Å²) in [4.78, 5) is 12.3. The molecule has 0 radical (unpaired) electrons. The average molecular weight is 388 g/mol. The van der Waals surface area contributed by atoms with Gasteiger partial charge in [-0.2, -0.15) is 0 Å². The zero-order valence-electron chi connectivity index (χ0n) is 13.2. The summed E-state index contributed by atoms with van der Waals surface area (Å²) in [5.74, 6) is 1.58. The fourth-order valence-electron chi connectivity index (χ4n) is 3.04. The van der Waals surface area contributed by atoms with Crippen LogP contribution in [-0.2, 0) is 5.41 Å². The molecule has 1 aliphatic heterocycles. The van der Waals surface area contributed by atoms with Crippen molar-refractivity contribution in [2.24, 2.45) is 0 Å². The number of amides is 1. The Balaban J connectivity index is 1.46. The minimum absolute atomic E-state index is 0.0286. The number of hydrogen-bond donors (Lipinski definition) is 1. The molecule has 124 valence electrons.